The van der Waals surface area contributed by atoms with Gasteiger partial charge in [-0.05, 0) is 47.9 Å². The summed E-state index contributed by atoms with van der Waals surface area (Å²) in [6, 6.07) is 13.4. The van der Waals surface area contributed by atoms with Crippen molar-refractivity contribution in [3.8, 4) is 0 Å². The zero-order valence-corrected chi connectivity index (χ0v) is 10.8. The maximum Gasteiger partial charge on any atom is 0.150 e. The Labute approximate surface area is 112 Å². The second-order valence-electron chi connectivity index (χ2n) is 4.18. The Morgan fingerprint density at radius 3 is 2.39 bits per heavy atom. The minimum absolute atomic E-state index is 0.695. The molecular weight excluding hydrogens is 244 g/mol. The molecule has 0 N–H and O–H groups in total. The fourth-order valence-electron chi connectivity index (χ4n) is 1.81. The summed E-state index contributed by atoms with van der Waals surface area (Å²) >= 11 is 5.92. The van der Waals surface area contributed by atoms with Gasteiger partial charge in [-0.1, -0.05) is 42.0 Å². The van der Waals surface area contributed by atoms with Gasteiger partial charge < -0.3 is 0 Å². The quantitative estimate of drug-likeness (QED) is 0.578. The zero-order valence-electron chi connectivity index (χ0n) is 10.1. The zero-order chi connectivity index (χ0) is 13.0. The van der Waals surface area contributed by atoms with E-state index in [1.54, 1.807) is 0 Å². The van der Waals surface area contributed by atoms with Crippen LogP contribution in [0.1, 0.15) is 27.0 Å². The normalized spacial score (nSPS) is 10.8. The fraction of sp³-hybridized carbons (Fsp3) is 0.0625. The number of aldehydes is 1. The van der Waals surface area contributed by atoms with Crippen molar-refractivity contribution >= 4 is 30.0 Å². The second-order valence-corrected chi connectivity index (χ2v) is 4.62. The Morgan fingerprint density at radius 2 is 1.67 bits per heavy atom. The van der Waals surface area contributed by atoms with Crippen LogP contribution in [0.15, 0.2) is 42.5 Å². The maximum atomic E-state index is 10.8. The summed E-state index contributed by atoms with van der Waals surface area (Å²) < 4.78 is 0. The molecule has 2 heteroatoms. The van der Waals surface area contributed by atoms with Crippen LogP contribution in [0.4, 0.5) is 0 Å². The number of aryl methyl sites for hydroxylation is 1. The lowest BCUT2D eigenvalue weighted by Crippen LogP contribution is -1.84. The number of benzene rings is 2. The molecule has 0 amide bonds. The standard InChI is InChI=1S/C16H13ClO/c1-12-7-14(9-15(8-12)11-18)6-5-13-3-2-4-16(17)10-13/h2-11H,1H3/b6-5+. The molecule has 0 atom stereocenters. The van der Waals surface area contributed by atoms with Crippen molar-refractivity contribution < 1.29 is 4.79 Å². The van der Waals surface area contributed by atoms with Crippen LogP contribution in [-0.4, -0.2) is 6.29 Å². The predicted octanol–water partition coefficient (Wildman–Crippen LogP) is 4.63. The highest BCUT2D eigenvalue weighted by atomic mass is 35.5. The van der Waals surface area contributed by atoms with E-state index in [4.69, 9.17) is 11.6 Å². The van der Waals surface area contributed by atoms with E-state index >= 15 is 0 Å². The van der Waals surface area contributed by atoms with E-state index in [1.807, 2.05) is 61.5 Å². The summed E-state index contributed by atoms with van der Waals surface area (Å²) in [6.07, 6.45) is 4.82. The first-order chi connectivity index (χ1) is 8.67. The van der Waals surface area contributed by atoms with Gasteiger partial charge in [0.25, 0.3) is 0 Å². The first kappa shape index (κ1) is 12.6. The van der Waals surface area contributed by atoms with E-state index < -0.39 is 0 Å². The summed E-state index contributed by atoms with van der Waals surface area (Å²) in [5.41, 5.74) is 3.82. The van der Waals surface area contributed by atoms with Gasteiger partial charge >= 0.3 is 0 Å². The molecular formula is C16H13ClO. The summed E-state index contributed by atoms with van der Waals surface area (Å²) in [5.74, 6) is 0. The Kier molecular flexibility index (Phi) is 3.96. The highest BCUT2D eigenvalue weighted by Gasteiger charge is 1.95. The van der Waals surface area contributed by atoms with Crippen molar-refractivity contribution in [1.29, 1.82) is 0 Å². The molecule has 0 heterocycles. The molecule has 90 valence electrons. The number of halogens is 1. The first-order valence-corrected chi connectivity index (χ1v) is 6.06. The van der Waals surface area contributed by atoms with Crippen molar-refractivity contribution in [2.24, 2.45) is 0 Å². The monoisotopic (exact) mass is 256 g/mol. The van der Waals surface area contributed by atoms with Gasteiger partial charge in [0.05, 0.1) is 0 Å². The summed E-state index contributed by atoms with van der Waals surface area (Å²) in [7, 11) is 0. The van der Waals surface area contributed by atoms with Crippen molar-refractivity contribution in [2.75, 3.05) is 0 Å². The Balaban J connectivity index is 2.28. The van der Waals surface area contributed by atoms with Gasteiger partial charge in [-0.25, -0.2) is 0 Å². The molecule has 2 rings (SSSR count). The predicted molar refractivity (Wildman–Crippen MR) is 76.9 cm³/mol. The molecule has 0 aromatic heterocycles. The van der Waals surface area contributed by atoms with Gasteiger partial charge in [0.15, 0.2) is 0 Å². The average molecular weight is 257 g/mol. The van der Waals surface area contributed by atoms with Crippen LogP contribution in [0.2, 0.25) is 5.02 Å². The maximum absolute atomic E-state index is 10.8. The van der Waals surface area contributed by atoms with E-state index in [9.17, 15) is 4.79 Å². The van der Waals surface area contributed by atoms with E-state index in [-0.39, 0.29) is 0 Å². The van der Waals surface area contributed by atoms with Crippen molar-refractivity contribution in [3.05, 3.63) is 69.7 Å². The van der Waals surface area contributed by atoms with Crippen LogP contribution < -0.4 is 0 Å². The smallest absolute Gasteiger partial charge is 0.150 e. The minimum atomic E-state index is 0.695. The lowest BCUT2D eigenvalue weighted by Gasteiger charge is -1.99. The van der Waals surface area contributed by atoms with Crippen LogP contribution >= 0.6 is 11.6 Å². The van der Waals surface area contributed by atoms with E-state index in [0.29, 0.717) is 5.56 Å². The van der Waals surface area contributed by atoms with Crippen LogP contribution in [0.5, 0.6) is 0 Å². The summed E-state index contributed by atoms with van der Waals surface area (Å²) in [5, 5.41) is 0.718. The third-order valence-electron chi connectivity index (χ3n) is 2.57. The van der Waals surface area contributed by atoms with E-state index in [2.05, 4.69) is 0 Å². The average Bonchev–Trinajstić information content (AvgIpc) is 2.36. The highest BCUT2D eigenvalue weighted by molar-refractivity contribution is 6.30. The molecule has 18 heavy (non-hydrogen) atoms. The second kappa shape index (κ2) is 5.65. The number of hydrogen-bond acceptors (Lipinski definition) is 1. The lowest BCUT2D eigenvalue weighted by molar-refractivity contribution is 0.112. The van der Waals surface area contributed by atoms with Crippen molar-refractivity contribution in [3.63, 3.8) is 0 Å². The third kappa shape index (κ3) is 3.31. The van der Waals surface area contributed by atoms with E-state index in [1.165, 1.54) is 0 Å². The van der Waals surface area contributed by atoms with Crippen LogP contribution in [0.3, 0.4) is 0 Å². The molecule has 0 saturated heterocycles. The molecule has 0 aliphatic carbocycles. The molecule has 0 fully saturated rings. The van der Waals surface area contributed by atoms with Gasteiger partial charge in [0.1, 0.15) is 6.29 Å². The SMILES string of the molecule is Cc1cc(C=O)cc(/C=C/c2cccc(Cl)c2)c1. The third-order valence-corrected chi connectivity index (χ3v) is 2.81. The number of rotatable bonds is 3. The Hall–Kier alpha value is -1.86. The molecule has 1 nitrogen and oxygen atoms in total. The molecule has 0 radical (unpaired) electrons. The van der Waals surface area contributed by atoms with E-state index in [0.717, 1.165) is 28.0 Å². The van der Waals surface area contributed by atoms with Gasteiger partial charge in [-0.2, -0.15) is 0 Å². The number of hydrogen-bond donors (Lipinski definition) is 0. The van der Waals surface area contributed by atoms with Gasteiger partial charge in [0.2, 0.25) is 0 Å². The fourth-order valence-corrected chi connectivity index (χ4v) is 2.01. The number of carbonyl (C=O) groups is 1. The van der Waals surface area contributed by atoms with Gasteiger partial charge in [-0.3, -0.25) is 4.79 Å². The van der Waals surface area contributed by atoms with Crippen LogP contribution in [0.25, 0.3) is 12.2 Å². The lowest BCUT2D eigenvalue weighted by atomic mass is 10.1. The van der Waals surface area contributed by atoms with Crippen LogP contribution in [-0.2, 0) is 0 Å². The van der Waals surface area contributed by atoms with Crippen molar-refractivity contribution in [1.82, 2.24) is 0 Å². The molecule has 2 aromatic carbocycles. The number of carbonyl (C=O) groups excluding carboxylic acids is 1. The molecule has 0 aliphatic heterocycles. The minimum Gasteiger partial charge on any atom is -0.298 e. The molecule has 0 aliphatic rings. The molecule has 0 spiro atoms. The molecule has 2 aromatic rings. The topological polar surface area (TPSA) is 17.1 Å². The van der Waals surface area contributed by atoms with Gasteiger partial charge in [-0.15, -0.1) is 0 Å². The molecule has 0 unspecified atom stereocenters. The first-order valence-electron chi connectivity index (χ1n) is 5.68. The summed E-state index contributed by atoms with van der Waals surface area (Å²) in [6.45, 7) is 1.98. The Morgan fingerprint density at radius 1 is 0.944 bits per heavy atom. The van der Waals surface area contributed by atoms with Gasteiger partial charge in [0, 0.05) is 10.6 Å². The van der Waals surface area contributed by atoms with Crippen molar-refractivity contribution in [2.45, 2.75) is 6.92 Å². The summed E-state index contributed by atoms with van der Waals surface area (Å²) in [4.78, 5) is 10.8. The van der Waals surface area contributed by atoms with Crippen LogP contribution in [0, 0.1) is 6.92 Å². The Bertz CT molecular complexity index is 600. The highest BCUT2D eigenvalue weighted by Crippen LogP contribution is 2.15. The largest absolute Gasteiger partial charge is 0.298 e. The molecule has 0 bridgehead atoms. The molecule has 0 saturated carbocycles.